The van der Waals surface area contributed by atoms with E-state index in [0.29, 0.717) is 16.3 Å². The molecule has 1 heterocycles. The second-order valence-electron chi connectivity index (χ2n) is 5.64. The van der Waals surface area contributed by atoms with E-state index in [9.17, 15) is 14.0 Å². The first-order valence-corrected chi connectivity index (χ1v) is 8.06. The maximum atomic E-state index is 13.0. The summed E-state index contributed by atoms with van der Waals surface area (Å²) in [5.41, 5.74) is 3.69. The van der Waals surface area contributed by atoms with Crippen molar-refractivity contribution in [3.63, 3.8) is 0 Å². The molecular weight excluding hydrogens is 345 g/mol. The Kier molecular flexibility index (Phi) is 5.09. The molecule has 5 nitrogen and oxygen atoms in total. The molecule has 25 heavy (non-hydrogen) atoms. The van der Waals surface area contributed by atoms with Crippen molar-refractivity contribution in [1.29, 1.82) is 0 Å². The van der Waals surface area contributed by atoms with Gasteiger partial charge in [-0.2, -0.15) is 5.10 Å². The third kappa shape index (κ3) is 4.03. The lowest BCUT2D eigenvalue weighted by Gasteiger charge is -2.16. The molecule has 0 aromatic heterocycles. The summed E-state index contributed by atoms with van der Waals surface area (Å²) in [6.07, 6.45) is 1.54. The smallest absolute Gasteiger partial charge is 0.245 e. The minimum absolute atomic E-state index is 0.0881. The van der Waals surface area contributed by atoms with E-state index in [0.717, 1.165) is 0 Å². The summed E-state index contributed by atoms with van der Waals surface area (Å²) in [6.45, 7) is 0.234. The average Bonchev–Trinajstić information content (AvgIpc) is 2.99. The van der Waals surface area contributed by atoms with Crippen LogP contribution in [0.2, 0.25) is 5.02 Å². The van der Waals surface area contributed by atoms with Crippen LogP contribution in [-0.2, 0) is 9.59 Å². The number of carbonyl (C=O) groups is 2. The molecule has 2 aromatic rings. The highest BCUT2D eigenvalue weighted by molar-refractivity contribution is 6.33. The maximum absolute atomic E-state index is 13.0. The van der Waals surface area contributed by atoms with Crippen LogP contribution in [0.25, 0.3) is 0 Å². The van der Waals surface area contributed by atoms with Crippen molar-refractivity contribution < 1.29 is 14.0 Å². The van der Waals surface area contributed by atoms with Gasteiger partial charge in [0.1, 0.15) is 5.82 Å². The van der Waals surface area contributed by atoms with Crippen molar-refractivity contribution in [3.05, 3.63) is 64.9 Å². The van der Waals surface area contributed by atoms with Crippen molar-refractivity contribution in [2.75, 3.05) is 11.4 Å². The summed E-state index contributed by atoms with van der Waals surface area (Å²) < 4.78 is 13.0. The summed E-state index contributed by atoms with van der Waals surface area (Å²) in [7, 11) is 0. The normalized spacial score (nSPS) is 17.3. The van der Waals surface area contributed by atoms with Crippen molar-refractivity contribution in [1.82, 2.24) is 5.43 Å². The predicted octanol–water partition coefficient (Wildman–Crippen LogP) is 2.98. The molecule has 1 aliphatic rings. The van der Waals surface area contributed by atoms with Gasteiger partial charge in [0.15, 0.2) is 0 Å². The molecule has 3 rings (SSSR count). The molecule has 128 valence electrons. The van der Waals surface area contributed by atoms with Gasteiger partial charge in [-0.25, -0.2) is 9.82 Å². The maximum Gasteiger partial charge on any atom is 0.245 e. The molecule has 0 bridgehead atoms. The summed E-state index contributed by atoms with van der Waals surface area (Å²) >= 11 is 6.00. The monoisotopic (exact) mass is 359 g/mol. The Labute approximate surface area is 149 Å². The zero-order valence-corrected chi connectivity index (χ0v) is 13.9. The SMILES string of the molecule is O=C(N/N=C\c1ccccc1Cl)[C@@H]1CC(=O)N(c2ccc(F)cc2)C1. The molecule has 0 unspecified atom stereocenters. The number of benzene rings is 2. The van der Waals surface area contributed by atoms with Crippen molar-refractivity contribution in [2.24, 2.45) is 11.0 Å². The Hall–Kier alpha value is -2.73. The fourth-order valence-corrected chi connectivity index (χ4v) is 2.77. The minimum atomic E-state index is -0.513. The second kappa shape index (κ2) is 7.44. The number of halogens is 2. The van der Waals surface area contributed by atoms with Gasteiger partial charge in [-0.3, -0.25) is 9.59 Å². The Bertz CT molecular complexity index is 823. The number of nitrogens with zero attached hydrogens (tertiary/aromatic N) is 2. The first-order valence-electron chi connectivity index (χ1n) is 7.68. The van der Waals surface area contributed by atoms with Crippen LogP contribution in [0.5, 0.6) is 0 Å². The van der Waals surface area contributed by atoms with E-state index < -0.39 is 5.92 Å². The zero-order valence-electron chi connectivity index (χ0n) is 13.2. The molecule has 0 spiro atoms. The summed E-state index contributed by atoms with van der Waals surface area (Å²) in [5, 5.41) is 4.42. The van der Waals surface area contributed by atoms with Crippen LogP contribution in [0.3, 0.4) is 0 Å². The number of hydrazone groups is 1. The van der Waals surface area contributed by atoms with Crippen LogP contribution < -0.4 is 10.3 Å². The quantitative estimate of drug-likeness (QED) is 0.674. The van der Waals surface area contributed by atoms with Crippen LogP contribution in [-0.4, -0.2) is 24.6 Å². The van der Waals surface area contributed by atoms with Crippen LogP contribution in [0.1, 0.15) is 12.0 Å². The van der Waals surface area contributed by atoms with E-state index in [4.69, 9.17) is 11.6 Å². The predicted molar refractivity (Wildman–Crippen MR) is 94.0 cm³/mol. The van der Waals surface area contributed by atoms with Crippen LogP contribution in [0.4, 0.5) is 10.1 Å². The molecule has 7 heteroatoms. The third-order valence-electron chi connectivity index (χ3n) is 3.92. The van der Waals surface area contributed by atoms with Gasteiger partial charge in [-0.05, 0) is 30.3 Å². The van der Waals surface area contributed by atoms with Gasteiger partial charge in [0.25, 0.3) is 0 Å². The van der Waals surface area contributed by atoms with Crippen LogP contribution in [0, 0.1) is 11.7 Å². The Morgan fingerprint density at radius 3 is 2.68 bits per heavy atom. The average molecular weight is 360 g/mol. The second-order valence-corrected chi connectivity index (χ2v) is 6.04. The molecule has 0 aliphatic carbocycles. The first-order chi connectivity index (χ1) is 12.0. The number of carbonyl (C=O) groups excluding carboxylic acids is 2. The molecule has 1 saturated heterocycles. The van der Waals surface area contributed by atoms with Gasteiger partial charge in [0.05, 0.1) is 12.1 Å². The summed E-state index contributed by atoms with van der Waals surface area (Å²) in [5.74, 6) is -1.41. The van der Waals surface area contributed by atoms with E-state index in [1.807, 2.05) is 6.07 Å². The molecule has 1 aliphatic heterocycles. The molecule has 0 saturated carbocycles. The zero-order chi connectivity index (χ0) is 17.8. The van der Waals surface area contributed by atoms with E-state index in [-0.39, 0.29) is 30.6 Å². The summed E-state index contributed by atoms with van der Waals surface area (Å²) in [4.78, 5) is 25.8. The number of hydrogen-bond acceptors (Lipinski definition) is 3. The van der Waals surface area contributed by atoms with Crippen LogP contribution in [0.15, 0.2) is 53.6 Å². The van der Waals surface area contributed by atoms with Gasteiger partial charge < -0.3 is 4.90 Å². The minimum Gasteiger partial charge on any atom is -0.312 e. The van der Waals surface area contributed by atoms with Crippen molar-refractivity contribution in [2.45, 2.75) is 6.42 Å². The molecule has 2 aromatic carbocycles. The van der Waals surface area contributed by atoms with Gasteiger partial charge in [0.2, 0.25) is 11.8 Å². The van der Waals surface area contributed by atoms with Crippen molar-refractivity contribution in [3.8, 4) is 0 Å². The number of hydrogen-bond donors (Lipinski definition) is 1. The fourth-order valence-electron chi connectivity index (χ4n) is 2.59. The molecule has 2 amide bonds. The van der Waals surface area contributed by atoms with E-state index in [1.165, 1.54) is 35.4 Å². The fraction of sp³-hybridized carbons (Fsp3) is 0.167. The summed E-state index contributed by atoms with van der Waals surface area (Å²) in [6, 6.07) is 12.7. The molecular formula is C18H15ClFN3O2. The first kappa shape index (κ1) is 17.1. The highest BCUT2D eigenvalue weighted by Gasteiger charge is 2.35. The van der Waals surface area contributed by atoms with E-state index in [2.05, 4.69) is 10.5 Å². The Balaban J connectivity index is 1.61. The highest BCUT2D eigenvalue weighted by Crippen LogP contribution is 2.25. The largest absolute Gasteiger partial charge is 0.312 e. The molecule has 1 fully saturated rings. The van der Waals surface area contributed by atoms with Gasteiger partial charge >= 0.3 is 0 Å². The number of anilines is 1. The standard InChI is InChI=1S/C18H15ClFN3O2/c19-16-4-2-1-3-12(16)10-21-22-18(25)13-9-17(24)23(11-13)15-7-5-14(20)6-8-15/h1-8,10,13H,9,11H2,(H,22,25)/b21-10-/t13-/m1/s1. The molecule has 1 N–H and O–H groups in total. The van der Waals surface area contributed by atoms with Crippen molar-refractivity contribution >= 4 is 35.3 Å². The Morgan fingerprint density at radius 1 is 1.24 bits per heavy atom. The topological polar surface area (TPSA) is 61.8 Å². The van der Waals surface area contributed by atoms with E-state index in [1.54, 1.807) is 18.2 Å². The lowest BCUT2D eigenvalue weighted by molar-refractivity contribution is -0.126. The number of rotatable bonds is 4. The highest BCUT2D eigenvalue weighted by atomic mass is 35.5. The van der Waals surface area contributed by atoms with Crippen LogP contribution >= 0.6 is 11.6 Å². The van der Waals surface area contributed by atoms with E-state index >= 15 is 0 Å². The Morgan fingerprint density at radius 2 is 1.96 bits per heavy atom. The lowest BCUT2D eigenvalue weighted by atomic mass is 10.1. The molecule has 1 atom stereocenters. The molecule has 0 radical (unpaired) electrons. The lowest BCUT2D eigenvalue weighted by Crippen LogP contribution is -2.30. The number of nitrogens with one attached hydrogen (secondary N) is 1. The third-order valence-corrected chi connectivity index (χ3v) is 4.26. The van der Waals surface area contributed by atoms with Gasteiger partial charge in [-0.1, -0.05) is 29.8 Å². The number of amides is 2. The van der Waals surface area contributed by atoms with Gasteiger partial charge in [0, 0.05) is 29.2 Å². The van der Waals surface area contributed by atoms with Gasteiger partial charge in [-0.15, -0.1) is 0 Å².